The number of unbranched alkanes of at least 4 members (excludes halogenated alkanes) is 1. The van der Waals surface area contributed by atoms with Crippen LogP contribution in [0.3, 0.4) is 0 Å². The molecule has 0 fully saturated rings. The molecule has 1 heterocycles. The van der Waals surface area contributed by atoms with Crippen molar-refractivity contribution in [2.75, 3.05) is 0 Å². The maximum atomic E-state index is 6.20. The van der Waals surface area contributed by atoms with Gasteiger partial charge in [0, 0.05) is 0 Å². The monoisotopic (exact) mass is 294 g/mol. The summed E-state index contributed by atoms with van der Waals surface area (Å²) in [5, 5.41) is 0. The summed E-state index contributed by atoms with van der Waals surface area (Å²) in [5.74, 6) is 0. The van der Waals surface area contributed by atoms with Crippen LogP contribution in [0.4, 0.5) is 0 Å². The van der Waals surface area contributed by atoms with E-state index in [0.717, 1.165) is 8.12 Å². The number of halogens is 2. The molecule has 1 aromatic heterocycles. The second kappa shape index (κ2) is 5.00. The van der Waals surface area contributed by atoms with Gasteiger partial charge in [-0.05, 0) is 39.4 Å². The smallest absolute Gasteiger partial charge is 0.0977 e. The van der Waals surface area contributed by atoms with Crippen molar-refractivity contribution < 1.29 is 0 Å². The maximum absolute atomic E-state index is 6.20. The van der Waals surface area contributed by atoms with Crippen LogP contribution >= 0.6 is 38.9 Å². The Morgan fingerprint density at radius 3 is 2.57 bits per heavy atom. The van der Waals surface area contributed by atoms with Gasteiger partial charge in [-0.25, -0.2) is 0 Å². The summed E-state index contributed by atoms with van der Waals surface area (Å²) in [6, 6.07) is 2.16. The van der Waals surface area contributed by atoms with E-state index in [1.807, 2.05) is 0 Å². The largest absolute Gasteiger partial charge is 0.116 e. The summed E-state index contributed by atoms with van der Waals surface area (Å²) in [6.45, 7) is 6.76. The first kappa shape index (κ1) is 12.5. The van der Waals surface area contributed by atoms with E-state index < -0.39 is 0 Å². The molecule has 0 spiro atoms. The van der Waals surface area contributed by atoms with Crippen LogP contribution < -0.4 is 0 Å². The van der Waals surface area contributed by atoms with Gasteiger partial charge in [0.1, 0.15) is 0 Å². The van der Waals surface area contributed by atoms with Gasteiger partial charge in [0.25, 0.3) is 0 Å². The van der Waals surface area contributed by atoms with Crippen molar-refractivity contribution in [3.05, 3.63) is 19.8 Å². The van der Waals surface area contributed by atoms with Crippen molar-refractivity contribution in [2.24, 2.45) is 0 Å². The van der Waals surface area contributed by atoms with Gasteiger partial charge >= 0.3 is 0 Å². The molecule has 0 saturated carbocycles. The van der Waals surface area contributed by atoms with E-state index in [0.29, 0.717) is 0 Å². The molecule has 1 aromatic rings. The first-order chi connectivity index (χ1) is 6.47. The van der Waals surface area contributed by atoms with Crippen LogP contribution in [0.25, 0.3) is 0 Å². The fourth-order valence-electron chi connectivity index (χ4n) is 1.56. The Morgan fingerprint density at radius 2 is 2.14 bits per heavy atom. The van der Waals surface area contributed by atoms with Crippen LogP contribution in [0.1, 0.15) is 45.6 Å². The van der Waals surface area contributed by atoms with E-state index in [2.05, 4.69) is 42.8 Å². The van der Waals surface area contributed by atoms with Crippen LogP contribution in [0.2, 0.25) is 4.34 Å². The molecule has 80 valence electrons. The lowest BCUT2D eigenvalue weighted by Gasteiger charge is -2.24. The lowest BCUT2D eigenvalue weighted by Crippen LogP contribution is -2.16. The first-order valence-electron chi connectivity index (χ1n) is 4.92. The third-order valence-electron chi connectivity index (χ3n) is 2.54. The summed E-state index contributed by atoms with van der Waals surface area (Å²) < 4.78 is 2.06. The van der Waals surface area contributed by atoms with Gasteiger partial charge in [-0.15, -0.1) is 11.3 Å². The van der Waals surface area contributed by atoms with E-state index in [4.69, 9.17) is 11.6 Å². The Balaban J connectivity index is 2.85. The third kappa shape index (κ3) is 2.98. The summed E-state index contributed by atoms with van der Waals surface area (Å²) in [6.07, 6.45) is 3.70. The first-order valence-corrected chi connectivity index (χ1v) is 6.91. The zero-order valence-electron chi connectivity index (χ0n) is 8.86. The molecule has 3 heteroatoms. The Hall–Kier alpha value is 0.470. The normalized spacial score (nSPS) is 12.1. The van der Waals surface area contributed by atoms with Crippen molar-refractivity contribution in [1.82, 2.24) is 0 Å². The molecule has 14 heavy (non-hydrogen) atoms. The Labute approximate surface area is 104 Å². The molecule has 0 aromatic carbocycles. The zero-order valence-corrected chi connectivity index (χ0v) is 12.0. The predicted octanol–water partition coefficient (Wildman–Crippen LogP) is 5.63. The maximum Gasteiger partial charge on any atom is 0.0977 e. The minimum Gasteiger partial charge on any atom is -0.116 e. The minimum atomic E-state index is 0.204. The number of hydrogen-bond acceptors (Lipinski definition) is 1. The van der Waals surface area contributed by atoms with Gasteiger partial charge < -0.3 is 0 Å². The highest BCUT2D eigenvalue weighted by molar-refractivity contribution is 9.11. The average Bonchev–Trinajstić information content (AvgIpc) is 2.42. The van der Waals surface area contributed by atoms with E-state index >= 15 is 0 Å². The molecule has 0 aliphatic heterocycles. The number of thiophene rings is 1. The van der Waals surface area contributed by atoms with Crippen molar-refractivity contribution in [3.8, 4) is 0 Å². The number of hydrogen-bond donors (Lipinski definition) is 0. The van der Waals surface area contributed by atoms with E-state index in [9.17, 15) is 0 Å². The Morgan fingerprint density at radius 1 is 1.50 bits per heavy atom. The quantitative estimate of drug-likeness (QED) is 0.675. The molecule has 0 nitrogen and oxygen atoms in total. The van der Waals surface area contributed by atoms with Crippen LogP contribution in [-0.2, 0) is 5.41 Å². The summed E-state index contributed by atoms with van der Waals surface area (Å²) in [5.41, 5.74) is 1.49. The Kier molecular flexibility index (Phi) is 4.48. The van der Waals surface area contributed by atoms with E-state index in [1.165, 1.54) is 24.8 Å². The highest BCUT2D eigenvalue weighted by atomic mass is 79.9. The van der Waals surface area contributed by atoms with Crippen molar-refractivity contribution in [3.63, 3.8) is 0 Å². The van der Waals surface area contributed by atoms with Gasteiger partial charge in [0.05, 0.1) is 8.12 Å². The molecule has 0 radical (unpaired) electrons. The predicted molar refractivity (Wildman–Crippen MR) is 69.6 cm³/mol. The molecule has 1 rings (SSSR count). The molecule has 0 saturated heterocycles. The summed E-state index contributed by atoms with van der Waals surface area (Å²) >= 11 is 11.3. The molecule has 0 aliphatic rings. The van der Waals surface area contributed by atoms with Gasteiger partial charge in [-0.2, -0.15) is 0 Å². The molecular weight excluding hydrogens is 280 g/mol. The average molecular weight is 296 g/mol. The van der Waals surface area contributed by atoms with E-state index in [-0.39, 0.29) is 5.41 Å². The van der Waals surface area contributed by atoms with Crippen molar-refractivity contribution in [1.29, 1.82) is 0 Å². The molecule has 0 N–H and O–H groups in total. The highest BCUT2D eigenvalue weighted by Crippen LogP contribution is 2.40. The van der Waals surface area contributed by atoms with E-state index in [1.54, 1.807) is 11.3 Å². The number of rotatable bonds is 4. The topological polar surface area (TPSA) is 0 Å². The van der Waals surface area contributed by atoms with Crippen LogP contribution in [-0.4, -0.2) is 0 Å². The Bertz CT molecular complexity index is 304. The third-order valence-corrected chi connectivity index (χ3v) is 4.40. The molecule has 0 unspecified atom stereocenters. The fraction of sp³-hybridized carbons (Fsp3) is 0.636. The summed E-state index contributed by atoms with van der Waals surface area (Å²) in [7, 11) is 0. The molecular formula is C11H16BrClS. The zero-order chi connectivity index (χ0) is 10.8. The standard InChI is InChI=1S/C11H16BrClS/c1-4-5-6-11(2,3)8-7-9(12)14-10(8)13/h7H,4-6H2,1-3H3. The van der Waals surface area contributed by atoms with Gasteiger partial charge in [-0.1, -0.05) is 45.2 Å². The minimum absolute atomic E-state index is 0.204. The second-order valence-electron chi connectivity index (χ2n) is 4.23. The fourth-order valence-corrected chi connectivity index (χ4v) is 3.90. The molecule has 0 aliphatic carbocycles. The van der Waals surface area contributed by atoms with Crippen molar-refractivity contribution in [2.45, 2.75) is 45.4 Å². The molecule has 0 amide bonds. The van der Waals surface area contributed by atoms with Crippen molar-refractivity contribution >= 4 is 38.9 Å². The van der Waals surface area contributed by atoms with Gasteiger partial charge in [-0.3, -0.25) is 0 Å². The SMILES string of the molecule is CCCCC(C)(C)c1cc(Br)sc1Cl. The lowest BCUT2D eigenvalue weighted by atomic mass is 9.82. The highest BCUT2D eigenvalue weighted by Gasteiger charge is 2.24. The lowest BCUT2D eigenvalue weighted by molar-refractivity contribution is 0.459. The van der Waals surface area contributed by atoms with Crippen LogP contribution in [0.5, 0.6) is 0 Å². The summed E-state index contributed by atoms with van der Waals surface area (Å²) in [4.78, 5) is 0. The molecule has 0 bridgehead atoms. The van der Waals surface area contributed by atoms with Crippen LogP contribution in [0.15, 0.2) is 9.85 Å². The second-order valence-corrected chi connectivity index (χ2v) is 7.26. The van der Waals surface area contributed by atoms with Crippen LogP contribution in [0, 0.1) is 0 Å². The van der Waals surface area contributed by atoms with Gasteiger partial charge in [0.2, 0.25) is 0 Å². The van der Waals surface area contributed by atoms with Gasteiger partial charge in [0.15, 0.2) is 0 Å². The molecule has 0 atom stereocenters.